The first-order chi connectivity index (χ1) is 9.56. The van der Waals surface area contributed by atoms with E-state index in [1.807, 2.05) is 36.4 Å². The maximum absolute atomic E-state index is 12.5. The van der Waals surface area contributed by atoms with E-state index in [0.29, 0.717) is 19.5 Å². The summed E-state index contributed by atoms with van der Waals surface area (Å²) in [5.74, 6) is 0. The van der Waals surface area contributed by atoms with E-state index in [4.69, 9.17) is 11.0 Å². The largest absolute Gasteiger partial charge is 0.330 e. The van der Waals surface area contributed by atoms with Crippen LogP contribution in [-0.4, -0.2) is 31.1 Å². The molecule has 0 radical (unpaired) electrons. The van der Waals surface area contributed by atoms with Crippen molar-refractivity contribution in [3.63, 3.8) is 0 Å². The van der Waals surface area contributed by atoms with Gasteiger partial charge in [0.15, 0.2) is 5.25 Å². The molecule has 110 valence electrons. The van der Waals surface area contributed by atoms with E-state index in [1.165, 1.54) is 4.31 Å². The number of sulfonamides is 1. The molecule has 0 amide bonds. The minimum absolute atomic E-state index is 0.279. The van der Waals surface area contributed by atoms with E-state index in [1.54, 1.807) is 6.92 Å². The standard InChI is InChI=1S/C14H21N3O2S/c1-2-14(11-16)20(18,19)17(10-6-9-15)12-13-7-4-3-5-8-13/h3-5,7-8,14H,2,6,9-10,12,15H2,1H3. The van der Waals surface area contributed by atoms with Gasteiger partial charge in [-0.15, -0.1) is 0 Å². The molecule has 1 atom stereocenters. The van der Waals surface area contributed by atoms with E-state index in [-0.39, 0.29) is 13.0 Å². The van der Waals surface area contributed by atoms with Crippen molar-refractivity contribution in [3.8, 4) is 6.07 Å². The minimum Gasteiger partial charge on any atom is -0.330 e. The van der Waals surface area contributed by atoms with Crippen molar-refractivity contribution in [2.75, 3.05) is 13.1 Å². The monoisotopic (exact) mass is 295 g/mol. The van der Waals surface area contributed by atoms with Gasteiger partial charge in [-0.05, 0) is 24.9 Å². The maximum atomic E-state index is 12.5. The Balaban J connectivity index is 2.97. The molecule has 0 aliphatic rings. The molecule has 6 heteroatoms. The van der Waals surface area contributed by atoms with E-state index < -0.39 is 15.3 Å². The molecule has 1 aromatic carbocycles. The van der Waals surface area contributed by atoms with Gasteiger partial charge in [0.25, 0.3) is 0 Å². The molecule has 0 saturated heterocycles. The number of rotatable bonds is 8. The van der Waals surface area contributed by atoms with Crippen molar-refractivity contribution < 1.29 is 8.42 Å². The molecule has 0 aliphatic heterocycles. The van der Waals surface area contributed by atoms with Crippen LogP contribution < -0.4 is 5.73 Å². The maximum Gasteiger partial charge on any atom is 0.230 e. The van der Waals surface area contributed by atoms with Crippen molar-refractivity contribution in [1.82, 2.24) is 4.31 Å². The van der Waals surface area contributed by atoms with Gasteiger partial charge in [0, 0.05) is 13.1 Å². The fourth-order valence-electron chi connectivity index (χ4n) is 1.90. The normalized spacial score (nSPS) is 13.1. The quantitative estimate of drug-likeness (QED) is 0.786. The lowest BCUT2D eigenvalue weighted by atomic mass is 10.2. The number of nitrogens with two attached hydrogens (primary N) is 1. The minimum atomic E-state index is -3.62. The molecule has 0 heterocycles. The summed E-state index contributed by atoms with van der Waals surface area (Å²) in [6, 6.07) is 11.2. The number of nitriles is 1. The van der Waals surface area contributed by atoms with Gasteiger partial charge >= 0.3 is 0 Å². The lowest BCUT2D eigenvalue weighted by molar-refractivity contribution is 0.397. The second-order valence-electron chi connectivity index (χ2n) is 4.53. The molecule has 1 aromatic rings. The third kappa shape index (κ3) is 4.30. The molecular weight excluding hydrogens is 274 g/mol. The van der Waals surface area contributed by atoms with Crippen LogP contribution in [0, 0.1) is 11.3 Å². The average Bonchev–Trinajstić information content (AvgIpc) is 2.45. The summed E-state index contributed by atoms with van der Waals surface area (Å²) in [6.07, 6.45) is 0.862. The fraction of sp³-hybridized carbons (Fsp3) is 0.500. The van der Waals surface area contributed by atoms with Crippen LogP contribution >= 0.6 is 0 Å². The molecule has 0 spiro atoms. The molecule has 0 aliphatic carbocycles. The van der Waals surface area contributed by atoms with Crippen molar-refractivity contribution in [2.24, 2.45) is 5.73 Å². The summed E-state index contributed by atoms with van der Waals surface area (Å²) in [4.78, 5) is 0. The summed E-state index contributed by atoms with van der Waals surface area (Å²) in [7, 11) is -3.62. The van der Waals surface area contributed by atoms with Crippen LogP contribution in [0.2, 0.25) is 0 Å². The van der Waals surface area contributed by atoms with Gasteiger partial charge in [-0.1, -0.05) is 37.3 Å². The number of nitrogens with zero attached hydrogens (tertiary/aromatic N) is 2. The third-order valence-corrected chi connectivity index (χ3v) is 5.24. The molecule has 2 N–H and O–H groups in total. The molecule has 0 fully saturated rings. The van der Waals surface area contributed by atoms with Crippen molar-refractivity contribution in [1.29, 1.82) is 5.26 Å². The Hall–Kier alpha value is -1.42. The van der Waals surface area contributed by atoms with Gasteiger partial charge in [0.1, 0.15) is 0 Å². The third-order valence-electron chi connectivity index (χ3n) is 3.05. The van der Waals surface area contributed by atoms with E-state index >= 15 is 0 Å². The summed E-state index contributed by atoms with van der Waals surface area (Å²) >= 11 is 0. The Bertz CT molecular complexity index is 537. The Morgan fingerprint density at radius 3 is 2.50 bits per heavy atom. The predicted molar refractivity (Wildman–Crippen MR) is 79.1 cm³/mol. The zero-order valence-corrected chi connectivity index (χ0v) is 12.5. The zero-order chi connectivity index (χ0) is 15.0. The lowest BCUT2D eigenvalue weighted by Gasteiger charge is -2.24. The van der Waals surface area contributed by atoms with Crippen molar-refractivity contribution in [3.05, 3.63) is 35.9 Å². The Morgan fingerprint density at radius 1 is 1.35 bits per heavy atom. The van der Waals surface area contributed by atoms with Crippen LogP contribution in [0.5, 0.6) is 0 Å². The second-order valence-corrected chi connectivity index (χ2v) is 6.65. The topological polar surface area (TPSA) is 87.2 Å². The Kier molecular flexibility index (Phi) is 6.65. The number of hydrogen-bond donors (Lipinski definition) is 1. The highest BCUT2D eigenvalue weighted by Gasteiger charge is 2.30. The first-order valence-electron chi connectivity index (χ1n) is 6.68. The summed E-state index contributed by atoms with van der Waals surface area (Å²) in [6.45, 7) is 2.74. The van der Waals surface area contributed by atoms with Gasteiger partial charge < -0.3 is 5.73 Å². The first kappa shape index (κ1) is 16.6. The molecule has 1 unspecified atom stereocenters. The smallest absolute Gasteiger partial charge is 0.230 e. The van der Waals surface area contributed by atoms with Gasteiger partial charge in [0.2, 0.25) is 10.0 Å². The zero-order valence-electron chi connectivity index (χ0n) is 11.7. The molecule has 0 aromatic heterocycles. The second kappa shape index (κ2) is 8.00. The Labute approximate surface area is 121 Å². The van der Waals surface area contributed by atoms with Gasteiger partial charge in [-0.25, -0.2) is 8.42 Å². The highest BCUT2D eigenvalue weighted by Crippen LogP contribution is 2.16. The molecule has 1 rings (SSSR count). The molecular formula is C14H21N3O2S. The molecule has 20 heavy (non-hydrogen) atoms. The van der Waals surface area contributed by atoms with Crippen LogP contribution in [0.25, 0.3) is 0 Å². The summed E-state index contributed by atoms with van der Waals surface area (Å²) in [5, 5.41) is 8.03. The summed E-state index contributed by atoms with van der Waals surface area (Å²) < 4.78 is 26.3. The molecule has 0 bridgehead atoms. The van der Waals surface area contributed by atoms with Crippen molar-refractivity contribution in [2.45, 2.75) is 31.6 Å². The van der Waals surface area contributed by atoms with Crippen LogP contribution in [0.15, 0.2) is 30.3 Å². The van der Waals surface area contributed by atoms with Crippen molar-refractivity contribution >= 4 is 10.0 Å². The number of benzene rings is 1. The first-order valence-corrected chi connectivity index (χ1v) is 8.19. The lowest BCUT2D eigenvalue weighted by Crippen LogP contribution is -2.38. The van der Waals surface area contributed by atoms with Crippen LogP contribution in [-0.2, 0) is 16.6 Å². The predicted octanol–water partition coefficient (Wildman–Crippen LogP) is 1.47. The Morgan fingerprint density at radius 2 is 2.00 bits per heavy atom. The van der Waals surface area contributed by atoms with E-state index in [9.17, 15) is 8.42 Å². The van der Waals surface area contributed by atoms with E-state index in [2.05, 4.69) is 0 Å². The number of hydrogen-bond acceptors (Lipinski definition) is 4. The van der Waals surface area contributed by atoms with E-state index in [0.717, 1.165) is 5.56 Å². The van der Waals surface area contributed by atoms with Gasteiger partial charge in [-0.3, -0.25) is 0 Å². The van der Waals surface area contributed by atoms with Crippen LogP contribution in [0.1, 0.15) is 25.3 Å². The highest BCUT2D eigenvalue weighted by molar-refractivity contribution is 7.89. The van der Waals surface area contributed by atoms with Crippen LogP contribution in [0.3, 0.4) is 0 Å². The summed E-state index contributed by atoms with van der Waals surface area (Å²) in [5.41, 5.74) is 6.37. The highest BCUT2D eigenvalue weighted by atomic mass is 32.2. The average molecular weight is 295 g/mol. The molecule has 0 saturated carbocycles. The molecule has 5 nitrogen and oxygen atoms in total. The fourth-order valence-corrected chi connectivity index (χ4v) is 3.53. The van der Waals surface area contributed by atoms with Gasteiger partial charge in [-0.2, -0.15) is 9.57 Å². The SMILES string of the molecule is CCC(C#N)S(=O)(=O)N(CCCN)Cc1ccccc1. The van der Waals surface area contributed by atoms with Gasteiger partial charge in [0.05, 0.1) is 6.07 Å². The van der Waals surface area contributed by atoms with Crippen LogP contribution in [0.4, 0.5) is 0 Å².